The van der Waals surface area contributed by atoms with E-state index in [2.05, 4.69) is 30.4 Å². The Morgan fingerprint density at radius 1 is 1.19 bits per heavy atom. The zero-order valence-corrected chi connectivity index (χ0v) is 17.3. The van der Waals surface area contributed by atoms with Crippen LogP contribution in [-0.4, -0.2) is 40.0 Å². The summed E-state index contributed by atoms with van der Waals surface area (Å²) in [6.07, 6.45) is 2.46. The van der Waals surface area contributed by atoms with Crippen LogP contribution in [0.1, 0.15) is 34.8 Å². The Kier molecular flexibility index (Phi) is 5.59. The third-order valence-corrected chi connectivity index (χ3v) is 5.00. The van der Waals surface area contributed by atoms with Crippen LogP contribution in [0.4, 0.5) is 13.2 Å². The Bertz CT molecular complexity index is 1260. The van der Waals surface area contributed by atoms with Crippen LogP contribution in [-0.2, 0) is 23.9 Å². The van der Waals surface area contributed by atoms with Gasteiger partial charge < -0.3 is 5.32 Å². The minimum Gasteiger partial charge on any atom is -0.352 e. The first-order valence-corrected chi connectivity index (χ1v) is 9.73. The van der Waals surface area contributed by atoms with Crippen molar-refractivity contribution in [3.63, 3.8) is 0 Å². The first kappa shape index (κ1) is 21.4. The van der Waals surface area contributed by atoms with Crippen LogP contribution in [0, 0.1) is 13.8 Å². The van der Waals surface area contributed by atoms with Gasteiger partial charge in [0.15, 0.2) is 0 Å². The Morgan fingerprint density at radius 3 is 2.72 bits per heavy atom. The molecule has 0 atom stereocenters. The number of carbonyl (C=O) groups excluding carboxylic acids is 1. The highest BCUT2D eigenvalue weighted by Gasteiger charge is 2.37. The van der Waals surface area contributed by atoms with E-state index in [1.165, 1.54) is 0 Å². The van der Waals surface area contributed by atoms with Gasteiger partial charge in [-0.1, -0.05) is 6.07 Å². The van der Waals surface area contributed by atoms with Crippen molar-refractivity contribution in [2.24, 2.45) is 0 Å². The number of hydrogen-bond acceptors (Lipinski definition) is 6. The van der Waals surface area contributed by atoms with E-state index >= 15 is 0 Å². The van der Waals surface area contributed by atoms with Crippen LogP contribution in [0.2, 0.25) is 0 Å². The molecule has 4 aromatic heterocycles. The molecular formula is C20H19F3N8O. The van der Waals surface area contributed by atoms with Gasteiger partial charge in [-0.3, -0.25) is 9.36 Å². The second-order valence-electron chi connectivity index (χ2n) is 7.14. The Balaban J connectivity index is 1.45. The zero-order valence-electron chi connectivity index (χ0n) is 17.3. The maximum absolute atomic E-state index is 12.9. The minimum atomic E-state index is -4.66. The van der Waals surface area contributed by atoms with Gasteiger partial charge in [0.25, 0.3) is 11.6 Å². The van der Waals surface area contributed by atoms with E-state index in [1.54, 1.807) is 49.4 Å². The van der Waals surface area contributed by atoms with Crippen molar-refractivity contribution < 1.29 is 18.0 Å². The summed E-state index contributed by atoms with van der Waals surface area (Å²) < 4.78 is 41.6. The first-order chi connectivity index (χ1) is 15.2. The number of halogens is 3. The molecule has 166 valence electrons. The summed E-state index contributed by atoms with van der Waals surface area (Å²) in [6, 6.07) is 3.64. The van der Waals surface area contributed by atoms with Crippen molar-refractivity contribution in [1.82, 2.24) is 39.4 Å². The van der Waals surface area contributed by atoms with E-state index in [-0.39, 0.29) is 24.7 Å². The number of rotatable bonds is 6. The van der Waals surface area contributed by atoms with E-state index in [9.17, 15) is 18.0 Å². The van der Waals surface area contributed by atoms with Crippen LogP contribution < -0.4 is 5.32 Å². The summed E-state index contributed by atoms with van der Waals surface area (Å²) in [6.45, 7) is 3.58. The standard InChI is InChI=1S/C20H19F3N8O/c1-12-15(13(2)31-19(27-12)28-18(29-31)20(21,22)23)5-6-16(32)26-10-14-4-3-7-25-17(14)30-9-8-24-11-30/h3-4,7-9,11H,5-6,10H2,1-2H3,(H,26,32). The van der Waals surface area contributed by atoms with Gasteiger partial charge in [0.2, 0.25) is 5.91 Å². The molecule has 12 heteroatoms. The van der Waals surface area contributed by atoms with Crippen LogP contribution >= 0.6 is 0 Å². The SMILES string of the molecule is Cc1nc2nc(C(F)(F)F)nn2c(C)c1CCC(=O)NCc1cccnc1-n1ccnc1. The number of aromatic nitrogens is 7. The number of nitrogens with zero attached hydrogens (tertiary/aromatic N) is 7. The fourth-order valence-corrected chi connectivity index (χ4v) is 3.40. The number of fused-ring (bicyclic) bond motifs is 1. The predicted octanol–water partition coefficient (Wildman–Crippen LogP) is 2.59. The molecule has 0 bridgehead atoms. The molecule has 0 fully saturated rings. The summed E-state index contributed by atoms with van der Waals surface area (Å²) >= 11 is 0. The molecule has 9 nitrogen and oxygen atoms in total. The highest BCUT2D eigenvalue weighted by atomic mass is 19.4. The summed E-state index contributed by atoms with van der Waals surface area (Å²) in [4.78, 5) is 28.4. The molecule has 0 saturated heterocycles. The quantitative estimate of drug-likeness (QED) is 0.490. The minimum absolute atomic E-state index is 0.121. The van der Waals surface area contributed by atoms with Gasteiger partial charge in [0.1, 0.15) is 12.1 Å². The topological polar surface area (TPSA) is 103 Å². The lowest BCUT2D eigenvalue weighted by Gasteiger charge is -2.12. The van der Waals surface area contributed by atoms with Crippen LogP contribution in [0.15, 0.2) is 37.1 Å². The molecule has 0 aliphatic heterocycles. The molecule has 1 N–H and O–H groups in total. The number of amides is 1. The summed E-state index contributed by atoms with van der Waals surface area (Å²) in [5.74, 6) is -0.908. The van der Waals surface area contributed by atoms with Crippen molar-refractivity contribution in [3.05, 3.63) is 65.4 Å². The Hall–Kier alpha value is -3.83. The average molecular weight is 444 g/mol. The largest absolute Gasteiger partial charge is 0.453 e. The second kappa shape index (κ2) is 8.36. The predicted molar refractivity (Wildman–Crippen MR) is 107 cm³/mol. The lowest BCUT2D eigenvalue weighted by Crippen LogP contribution is -2.24. The molecule has 0 aliphatic rings. The highest BCUT2D eigenvalue weighted by Crippen LogP contribution is 2.27. The summed E-state index contributed by atoms with van der Waals surface area (Å²) in [5.41, 5.74) is 2.46. The molecule has 0 spiro atoms. The van der Waals surface area contributed by atoms with Crippen LogP contribution in [0.5, 0.6) is 0 Å². The molecule has 0 radical (unpaired) electrons. The van der Waals surface area contributed by atoms with Gasteiger partial charge in [-0.05, 0) is 31.9 Å². The third kappa shape index (κ3) is 4.29. The van der Waals surface area contributed by atoms with E-state index in [0.29, 0.717) is 29.2 Å². The summed E-state index contributed by atoms with van der Waals surface area (Å²) in [7, 11) is 0. The third-order valence-electron chi connectivity index (χ3n) is 5.00. The monoisotopic (exact) mass is 444 g/mol. The number of carbonyl (C=O) groups is 1. The number of alkyl halides is 3. The zero-order chi connectivity index (χ0) is 22.9. The molecule has 0 saturated carbocycles. The molecule has 4 aromatic rings. The van der Waals surface area contributed by atoms with Crippen molar-refractivity contribution in [2.45, 2.75) is 39.4 Å². The maximum atomic E-state index is 12.9. The second-order valence-corrected chi connectivity index (χ2v) is 7.14. The van der Waals surface area contributed by atoms with E-state index in [4.69, 9.17) is 0 Å². The number of pyridine rings is 1. The van der Waals surface area contributed by atoms with Gasteiger partial charge in [-0.2, -0.15) is 18.2 Å². The fraction of sp³-hybridized carbons (Fsp3) is 0.300. The number of aryl methyl sites for hydroxylation is 2. The van der Waals surface area contributed by atoms with E-state index in [0.717, 1.165) is 10.1 Å². The van der Waals surface area contributed by atoms with Crippen LogP contribution in [0.3, 0.4) is 0 Å². The van der Waals surface area contributed by atoms with Crippen molar-refractivity contribution in [2.75, 3.05) is 0 Å². The van der Waals surface area contributed by atoms with E-state index in [1.807, 2.05) is 6.07 Å². The number of imidazole rings is 1. The maximum Gasteiger partial charge on any atom is 0.453 e. The lowest BCUT2D eigenvalue weighted by molar-refractivity contribution is -0.144. The molecular weight excluding hydrogens is 425 g/mol. The molecule has 1 amide bonds. The number of hydrogen-bond donors (Lipinski definition) is 1. The molecule has 4 heterocycles. The lowest BCUT2D eigenvalue weighted by atomic mass is 10.1. The van der Waals surface area contributed by atoms with Gasteiger partial charge >= 0.3 is 6.18 Å². The molecule has 0 aliphatic carbocycles. The molecule has 32 heavy (non-hydrogen) atoms. The molecule has 4 rings (SSSR count). The van der Waals surface area contributed by atoms with E-state index < -0.39 is 12.0 Å². The first-order valence-electron chi connectivity index (χ1n) is 9.73. The Morgan fingerprint density at radius 2 is 2.00 bits per heavy atom. The smallest absolute Gasteiger partial charge is 0.352 e. The van der Waals surface area contributed by atoms with Gasteiger partial charge in [-0.15, -0.1) is 5.10 Å². The van der Waals surface area contributed by atoms with Gasteiger partial charge in [0, 0.05) is 48.5 Å². The number of nitrogens with one attached hydrogen (secondary N) is 1. The van der Waals surface area contributed by atoms with Crippen molar-refractivity contribution in [1.29, 1.82) is 0 Å². The average Bonchev–Trinajstić information content (AvgIpc) is 3.42. The van der Waals surface area contributed by atoms with Gasteiger partial charge in [0.05, 0.1) is 0 Å². The van der Waals surface area contributed by atoms with Crippen molar-refractivity contribution in [3.8, 4) is 5.82 Å². The summed E-state index contributed by atoms with van der Waals surface area (Å²) in [5, 5.41) is 6.38. The molecule has 0 aromatic carbocycles. The highest BCUT2D eigenvalue weighted by molar-refractivity contribution is 5.76. The van der Waals surface area contributed by atoms with Gasteiger partial charge in [-0.25, -0.2) is 19.5 Å². The van der Waals surface area contributed by atoms with Crippen molar-refractivity contribution >= 4 is 11.7 Å². The fourth-order valence-electron chi connectivity index (χ4n) is 3.40. The van der Waals surface area contributed by atoms with Crippen LogP contribution in [0.25, 0.3) is 11.6 Å². The molecule has 0 unspecified atom stereocenters. The normalized spacial score (nSPS) is 11.8. The Labute approximate surface area is 180 Å².